The van der Waals surface area contributed by atoms with Gasteiger partial charge in [0.2, 0.25) is 0 Å². The maximum absolute atomic E-state index is 13.2. The Balaban J connectivity index is 1.53. The lowest BCUT2D eigenvalue weighted by atomic mass is 10.0. The Hall–Kier alpha value is -3.82. The molecule has 0 unspecified atom stereocenters. The molecule has 1 atom stereocenters. The number of hydrogen-bond acceptors (Lipinski definition) is 6. The SMILES string of the molecule is O=C(N[C@@H](Cc1ccc([N+](=O)[O-])cc1)C(=O)NNN1CCCC1)c1cccc2ccccc12. The van der Waals surface area contributed by atoms with Crippen LogP contribution in [0.1, 0.15) is 28.8 Å². The molecule has 1 saturated heterocycles. The summed E-state index contributed by atoms with van der Waals surface area (Å²) in [5.74, 6) is -0.760. The second kappa shape index (κ2) is 10.2. The maximum atomic E-state index is 13.2. The second-order valence-corrected chi connectivity index (χ2v) is 7.98. The quantitative estimate of drug-likeness (QED) is 0.361. The number of nitro benzene ring substituents is 1. The van der Waals surface area contributed by atoms with Gasteiger partial charge in [-0.2, -0.15) is 5.53 Å². The van der Waals surface area contributed by atoms with Crippen LogP contribution in [0.5, 0.6) is 0 Å². The Bertz CT molecular complexity index is 1150. The van der Waals surface area contributed by atoms with Crippen LogP contribution < -0.4 is 16.3 Å². The first kappa shape index (κ1) is 22.4. The normalized spacial score (nSPS) is 14.7. The molecular formula is C24H25N5O4. The number of nitro groups is 1. The average molecular weight is 447 g/mol. The maximum Gasteiger partial charge on any atom is 0.269 e. The third-order valence-corrected chi connectivity index (χ3v) is 5.69. The Morgan fingerprint density at radius 1 is 0.970 bits per heavy atom. The van der Waals surface area contributed by atoms with E-state index in [-0.39, 0.29) is 18.0 Å². The lowest BCUT2D eigenvalue weighted by Crippen LogP contribution is -2.55. The Kier molecular flexibility index (Phi) is 6.92. The van der Waals surface area contributed by atoms with Gasteiger partial charge in [-0.15, -0.1) is 0 Å². The molecule has 3 N–H and O–H groups in total. The summed E-state index contributed by atoms with van der Waals surface area (Å²) >= 11 is 0. The number of carbonyl (C=O) groups excluding carboxylic acids is 2. The number of amides is 2. The monoisotopic (exact) mass is 447 g/mol. The molecule has 0 aromatic heterocycles. The topological polar surface area (TPSA) is 117 Å². The van der Waals surface area contributed by atoms with Crippen molar-refractivity contribution in [2.75, 3.05) is 13.1 Å². The minimum Gasteiger partial charge on any atom is -0.340 e. The Morgan fingerprint density at radius 3 is 2.39 bits per heavy atom. The van der Waals surface area contributed by atoms with E-state index in [1.165, 1.54) is 12.1 Å². The average Bonchev–Trinajstić information content (AvgIpc) is 3.36. The van der Waals surface area contributed by atoms with Crippen molar-refractivity contribution in [1.29, 1.82) is 0 Å². The van der Waals surface area contributed by atoms with E-state index in [1.807, 2.05) is 35.3 Å². The summed E-state index contributed by atoms with van der Waals surface area (Å²) < 4.78 is 0. The highest BCUT2D eigenvalue weighted by Gasteiger charge is 2.24. The minimum absolute atomic E-state index is 0.0322. The number of rotatable bonds is 8. The molecule has 9 nitrogen and oxygen atoms in total. The summed E-state index contributed by atoms with van der Waals surface area (Å²) in [5.41, 5.74) is 6.73. The van der Waals surface area contributed by atoms with Gasteiger partial charge in [-0.3, -0.25) is 25.1 Å². The molecule has 0 radical (unpaired) electrons. The molecule has 33 heavy (non-hydrogen) atoms. The molecule has 4 rings (SSSR count). The number of nitrogens with zero attached hydrogens (tertiary/aromatic N) is 2. The molecule has 1 fully saturated rings. The second-order valence-electron chi connectivity index (χ2n) is 7.98. The highest BCUT2D eigenvalue weighted by Crippen LogP contribution is 2.19. The van der Waals surface area contributed by atoms with Crippen molar-refractivity contribution in [2.24, 2.45) is 0 Å². The molecule has 3 aromatic rings. The van der Waals surface area contributed by atoms with E-state index in [4.69, 9.17) is 0 Å². The fraction of sp³-hybridized carbons (Fsp3) is 0.250. The van der Waals surface area contributed by atoms with Gasteiger partial charge in [0.25, 0.3) is 17.5 Å². The summed E-state index contributed by atoms with van der Waals surface area (Å²) in [6.45, 7) is 1.66. The summed E-state index contributed by atoms with van der Waals surface area (Å²) in [5, 5.41) is 17.4. The van der Waals surface area contributed by atoms with E-state index < -0.39 is 16.9 Å². The van der Waals surface area contributed by atoms with Crippen LogP contribution in [0.2, 0.25) is 0 Å². The van der Waals surface area contributed by atoms with Crippen LogP contribution in [0.3, 0.4) is 0 Å². The molecule has 3 aromatic carbocycles. The third kappa shape index (κ3) is 5.51. The highest BCUT2D eigenvalue weighted by molar-refractivity contribution is 6.08. The van der Waals surface area contributed by atoms with Gasteiger partial charge in [0, 0.05) is 37.2 Å². The van der Waals surface area contributed by atoms with Crippen molar-refractivity contribution in [3.8, 4) is 0 Å². The van der Waals surface area contributed by atoms with Crippen molar-refractivity contribution in [2.45, 2.75) is 25.3 Å². The molecule has 0 spiro atoms. The molecule has 9 heteroatoms. The van der Waals surface area contributed by atoms with Gasteiger partial charge >= 0.3 is 0 Å². The van der Waals surface area contributed by atoms with Gasteiger partial charge in [-0.1, -0.05) is 48.5 Å². The number of nitrogens with one attached hydrogen (secondary N) is 3. The van der Waals surface area contributed by atoms with Crippen molar-refractivity contribution in [1.82, 2.24) is 21.3 Å². The van der Waals surface area contributed by atoms with Crippen LogP contribution in [0.25, 0.3) is 10.8 Å². The number of hydrazine groups is 2. The van der Waals surface area contributed by atoms with E-state index in [9.17, 15) is 19.7 Å². The molecule has 170 valence electrons. The fourth-order valence-electron chi connectivity index (χ4n) is 3.91. The third-order valence-electron chi connectivity index (χ3n) is 5.69. The number of benzene rings is 3. The molecule has 1 aliphatic heterocycles. The minimum atomic E-state index is -0.881. The molecule has 1 heterocycles. The van der Waals surface area contributed by atoms with Crippen LogP contribution in [0, 0.1) is 10.1 Å². The first-order chi connectivity index (χ1) is 16.0. The van der Waals surface area contributed by atoms with E-state index in [2.05, 4.69) is 16.3 Å². The van der Waals surface area contributed by atoms with Crippen LogP contribution in [-0.2, 0) is 11.2 Å². The molecule has 0 saturated carbocycles. The van der Waals surface area contributed by atoms with Crippen LogP contribution in [0.4, 0.5) is 5.69 Å². The van der Waals surface area contributed by atoms with E-state index >= 15 is 0 Å². The van der Waals surface area contributed by atoms with Gasteiger partial charge in [-0.05, 0) is 35.2 Å². The summed E-state index contributed by atoms with van der Waals surface area (Å²) in [4.78, 5) is 36.6. The highest BCUT2D eigenvalue weighted by atomic mass is 16.6. The summed E-state index contributed by atoms with van der Waals surface area (Å²) in [6.07, 6.45) is 2.28. The number of carbonyl (C=O) groups is 2. The number of fused-ring (bicyclic) bond motifs is 1. The molecule has 0 aliphatic carbocycles. The van der Waals surface area contributed by atoms with Gasteiger partial charge in [0.1, 0.15) is 6.04 Å². The van der Waals surface area contributed by atoms with Crippen molar-refractivity contribution in [3.05, 3.63) is 88.0 Å². The zero-order chi connectivity index (χ0) is 23.2. The zero-order valence-electron chi connectivity index (χ0n) is 18.0. The predicted molar refractivity (Wildman–Crippen MR) is 124 cm³/mol. The smallest absolute Gasteiger partial charge is 0.269 e. The Morgan fingerprint density at radius 2 is 1.67 bits per heavy atom. The van der Waals surface area contributed by atoms with Gasteiger partial charge in [0.15, 0.2) is 0 Å². The van der Waals surface area contributed by atoms with Gasteiger partial charge < -0.3 is 5.32 Å². The van der Waals surface area contributed by atoms with Gasteiger partial charge in [-0.25, -0.2) is 5.01 Å². The molecular weight excluding hydrogens is 422 g/mol. The van der Waals surface area contributed by atoms with E-state index in [1.54, 1.807) is 24.3 Å². The van der Waals surface area contributed by atoms with Crippen molar-refractivity contribution >= 4 is 28.3 Å². The van der Waals surface area contributed by atoms with Crippen LogP contribution in [-0.4, -0.2) is 40.9 Å². The zero-order valence-corrected chi connectivity index (χ0v) is 18.0. The van der Waals surface area contributed by atoms with Crippen molar-refractivity contribution < 1.29 is 14.5 Å². The fourth-order valence-corrected chi connectivity index (χ4v) is 3.91. The number of non-ortho nitro benzene ring substituents is 1. The molecule has 1 aliphatic rings. The summed E-state index contributed by atoms with van der Waals surface area (Å²) in [7, 11) is 0. The van der Waals surface area contributed by atoms with Crippen LogP contribution in [0.15, 0.2) is 66.7 Å². The van der Waals surface area contributed by atoms with E-state index in [0.29, 0.717) is 11.1 Å². The van der Waals surface area contributed by atoms with Crippen LogP contribution >= 0.6 is 0 Å². The van der Waals surface area contributed by atoms with E-state index in [0.717, 1.165) is 36.7 Å². The van der Waals surface area contributed by atoms with Crippen molar-refractivity contribution in [3.63, 3.8) is 0 Å². The standard InChI is InChI=1S/C24H25N5O4/c30-23(21-9-5-7-18-6-1-2-8-20(18)21)25-22(24(31)26-27-28-14-3-4-15-28)16-17-10-12-19(13-11-17)29(32)33/h1-2,5-13,22,27H,3-4,14-16H2,(H,25,30)(H,26,31)/t22-/m0/s1. The van der Waals surface area contributed by atoms with Gasteiger partial charge in [0.05, 0.1) is 4.92 Å². The first-order valence-electron chi connectivity index (χ1n) is 10.8. The lowest BCUT2D eigenvalue weighted by Gasteiger charge is -2.22. The first-order valence-corrected chi connectivity index (χ1v) is 10.8. The largest absolute Gasteiger partial charge is 0.340 e. The predicted octanol–water partition coefficient (Wildman–Crippen LogP) is 2.72. The molecule has 2 amide bonds. The Labute approximate surface area is 190 Å². The summed E-state index contributed by atoms with van der Waals surface area (Å²) in [6, 6.07) is 18.1. The number of hydrogen-bond donors (Lipinski definition) is 3. The lowest BCUT2D eigenvalue weighted by molar-refractivity contribution is -0.384. The molecule has 0 bridgehead atoms.